The van der Waals surface area contributed by atoms with Crippen LogP contribution in [0.4, 0.5) is 11.5 Å². The molecule has 2 N–H and O–H groups in total. The molecule has 0 amide bonds. The van der Waals surface area contributed by atoms with E-state index in [0.717, 1.165) is 59.7 Å². The van der Waals surface area contributed by atoms with Gasteiger partial charge in [-0.1, -0.05) is 18.2 Å². The number of aryl methyl sites for hydroxylation is 2. The van der Waals surface area contributed by atoms with E-state index in [1.54, 1.807) is 0 Å². The highest BCUT2D eigenvalue weighted by atomic mass is 16.5. The summed E-state index contributed by atoms with van der Waals surface area (Å²) in [6, 6.07) is 10.1. The number of hydrogen-bond acceptors (Lipinski definition) is 5. The second-order valence-corrected chi connectivity index (χ2v) is 8.03. The number of nitrogens with zero attached hydrogens (tertiary/aromatic N) is 3. The fourth-order valence-electron chi connectivity index (χ4n) is 4.33. The van der Waals surface area contributed by atoms with Crippen LogP contribution >= 0.6 is 0 Å². The lowest BCUT2D eigenvalue weighted by molar-refractivity contribution is -0.0232. The van der Waals surface area contributed by atoms with E-state index >= 15 is 0 Å². The van der Waals surface area contributed by atoms with Crippen molar-refractivity contribution in [1.29, 1.82) is 0 Å². The SMILES string of the molecule is CCOC(C)(C)c1nc2c(Nc3ccccc3)nc3c(c2n1CCO)CCCC3. The highest BCUT2D eigenvalue weighted by Crippen LogP contribution is 2.36. The molecule has 1 aliphatic rings. The molecule has 1 aliphatic carbocycles. The van der Waals surface area contributed by atoms with E-state index in [4.69, 9.17) is 14.7 Å². The van der Waals surface area contributed by atoms with Crippen molar-refractivity contribution in [3.05, 3.63) is 47.4 Å². The van der Waals surface area contributed by atoms with Gasteiger partial charge in [0.05, 0.1) is 12.1 Å². The molecule has 0 saturated carbocycles. The summed E-state index contributed by atoms with van der Waals surface area (Å²) in [7, 11) is 0. The van der Waals surface area contributed by atoms with Gasteiger partial charge in [-0.05, 0) is 64.2 Å². The first kappa shape index (κ1) is 19.9. The minimum Gasteiger partial charge on any atom is -0.395 e. The van der Waals surface area contributed by atoms with Crippen molar-refractivity contribution >= 4 is 22.5 Å². The van der Waals surface area contributed by atoms with E-state index < -0.39 is 5.60 Å². The fraction of sp³-hybridized carbons (Fsp3) is 0.478. The van der Waals surface area contributed by atoms with Gasteiger partial charge in [0.15, 0.2) is 5.82 Å². The van der Waals surface area contributed by atoms with Gasteiger partial charge in [-0.3, -0.25) is 0 Å². The van der Waals surface area contributed by atoms with Gasteiger partial charge in [0.2, 0.25) is 0 Å². The quantitative estimate of drug-likeness (QED) is 0.624. The Kier molecular flexibility index (Phi) is 5.56. The molecule has 4 rings (SSSR count). The number of aromatic nitrogens is 3. The minimum atomic E-state index is -0.561. The molecule has 6 heteroatoms. The van der Waals surface area contributed by atoms with Crippen molar-refractivity contribution in [3.8, 4) is 0 Å². The van der Waals surface area contributed by atoms with Crippen molar-refractivity contribution in [2.75, 3.05) is 18.5 Å². The number of benzene rings is 1. The van der Waals surface area contributed by atoms with Crippen molar-refractivity contribution in [2.45, 2.75) is 58.6 Å². The average molecular weight is 395 g/mol. The molecule has 0 atom stereocenters. The number of nitrogens with one attached hydrogen (secondary N) is 1. The van der Waals surface area contributed by atoms with Crippen LogP contribution in [0.3, 0.4) is 0 Å². The van der Waals surface area contributed by atoms with Gasteiger partial charge in [-0.2, -0.15) is 0 Å². The number of aliphatic hydroxyl groups excluding tert-OH is 1. The third kappa shape index (κ3) is 3.74. The van der Waals surface area contributed by atoms with E-state index in [2.05, 4.69) is 9.88 Å². The second kappa shape index (κ2) is 8.13. The third-order valence-corrected chi connectivity index (χ3v) is 5.57. The minimum absolute atomic E-state index is 0.0548. The maximum Gasteiger partial charge on any atom is 0.158 e. The first-order chi connectivity index (χ1) is 14.0. The van der Waals surface area contributed by atoms with Crippen molar-refractivity contribution < 1.29 is 9.84 Å². The standard InChI is InChI=1S/C23H30N4O2/c1-4-29-23(2,3)22-26-19-20(27(22)14-15-28)17-12-8-9-13-18(17)25-21(19)24-16-10-6-5-7-11-16/h5-7,10-11,28H,4,8-9,12-15H2,1-3H3,(H,24,25). The number of anilines is 2. The molecule has 3 aromatic rings. The lowest BCUT2D eigenvalue weighted by atomic mass is 9.94. The maximum atomic E-state index is 9.81. The Morgan fingerprint density at radius 2 is 1.90 bits per heavy atom. The van der Waals surface area contributed by atoms with Crippen molar-refractivity contribution in [1.82, 2.24) is 14.5 Å². The number of ether oxygens (including phenoxy) is 1. The van der Waals surface area contributed by atoms with Crippen molar-refractivity contribution in [2.24, 2.45) is 0 Å². The Morgan fingerprint density at radius 1 is 1.14 bits per heavy atom. The van der Waals surface area contributed by atoms with Crippen LogP contribution in [0.5, 0.6) is 0 Å². The van der Waals surface area contributed by atoms with Gasteiger partial charge in [0, 0.05) is 24.5 Å². The van der Waals surface area contributed by atoms with E-state index in [1.165, 1.54) is 5.56 Å². The summed E-state index contributed by atoms with van der Waals surface area (Å²) in [5.41, 5.74) is 4.77. The molecule has 1 aromatic carbocycles. The Hall–Kier alpha value is -2.44. The van der Waals surface area contributed by atoms with Crippen molar-refractivity contribution in [3.63, 3.8) is 0 Å². The lowest BCUT2D eigenvalue weighted by Gasteiger charge is -2.25. The van der Waals surface area contributed by atoms with Crippen LogP contribution in [-0.4, -0.2) is 32.9 Å². The molecule has 0 fully saturated rings. The first-order valence-electron chi connectivity index (χ1n) is 10.5. The highest BCUT2D eigenvalue weighted by molar-refractivity contribution is 5.91. The molecular formula is C23H30N4O2. The first-order valence-corrected chi connectivity index (χ1v) is 10.5. The largest absolute Gasteiger partial charge is 0.395 e. The smallest absolute Gasteiger partial charge is 0.158 e. The van der Waals surface area contributed by atoms with E-state index in [-0.39, 0.29) is 6.61 Å². The zero-order valence-corrected chi connectivity index (χ0v) is 17.5. The molecule has 0 unspecified atom stereocenters. The molecule has 0 radical (unpaired) electrons. The number of imidazole rings is 1. The normalized spacial score (nSPS) is 14.2. The van der Waals surface area contributed by atoms with Crippen LogP contribution in [0.2, 0.25) is 0 Å². The number of para-hydroxylation sites is 1. The van der Waals surface area contributed by atoms with E-state index in [9.17, 15) is 5.11 Å². The predicted molar refractivity (Wildman–Crippen MR) is 116 cm³/mol. The lowest BCUT2D eigenvalue weighted by Crippen LogP contribution is -2.27. The molecule has 2 heterocycles. The molecule has 0 bridgehead atoms. The number of pyridine rings is 1. The fourth-order valence-corrected chi connectivity index (χ4v) is 4.33. The summed E-state index contributed by atoms with van der Waals surface area (Å²) in [5, 5.41) is 13.3. The summed E-state index contributed by atoms with van der Waals surface area (Å²) >= 11 is 0. The Labute approximate surface area is 171 Å². The Balaban J connectivity index is 1.96. The molecule has 0 saturated heterocycles. The Bertz CT molecular complexity index is 995. The summed E-state index contributed by atoms with van der Waals surface area (Å²) in [6.07, 6.45) is 4.28. The molecule has 154 valence electrons. The summed E-state index contributed by atoms with van der Waals surface area (Å²) in [5.74, 6) is 1.61. The van der Waals surface area contributed by atoms with Gasteiger partial charge in [-0.25, -0.2) is 9.97 Å². The molecule has 0 spiro atoms. The molecule has 2 aromatic heterocycles. The number of rotatable bonds is 7. The van der Waals surface area contributed by atoms with Crippen LogP contribution in [0, 0.1) is 0 Å². The maximum absolute atomic E-state index is 9.81. The average Bonchev–Trinajstić information content (AvgIpc) is 3.10. The predicted octanol–water partition coefficient (Wildman–Crippen LogP) is 4.32. The van der Waals surface area contributed by atoms with Crippen LogP contribution in [-0.2, 0) is 29.7 Å². The van der Waals surface area contributed by atoms with Gasteiger partial charge in [0.1, 0.15) is 16.9 Å². The zero-order valence-electron chi connectivity index (χ0n) is 17.5. The molecule has 29 heavy (non-hydrogen) atoms. The van der Waals surface area contributed by atoms with E-state index in [1.807, 2.05) is 51.1 Å². The van der Waals surface area contributed by atoms with Gasteiger partial charge in [0.25, 0.3) is 0 Å². The highest BCUT2D eigenvalue weighted by Gasteiger charge is 2.31. The number of hydrogen-bond donors (Lipinski definition) is 2. The van der Waals surface area contributed by atoms with Gasteiger partial charge in [-0.15, -0.1) is 0 Å². The third-order valence-electron chi connectivity index (χ3n) is 5.57. The topological polar surface area (TPSA) is 72.2 Å². The summed E-state index contributed by atoms with van der Waals surface area (Å²) < 4.78 is 8.17. The van der Waals surface area contributed by atoms with Crippen LogP contribution in [0.25, 0.3) is 11.0 Å². The summed E-state index contributed by atoms with van der Waals surface area (Å²) in [4.78, 5) is 10.0. The molecular weight excluding hydrogens is 364 g/mol. The second-order valence-electron chi connectivity index (χ2n) is 8.03. The zero-order chi connectivity index (χ0) is 20.4. The van der Waals surface area contributed by atoms with Crippen LogP contribution in [0.1, 0.15) is 50.7 Å². The summed E-state index contributed by atoms with van der Waals surface area (Å²) in [6.45, 7) is 7.21. The monoisotopic (exact) mass is 394 g/mol. The van der Waals surface area contributed by atoms with Gasteiger partial charge >= 0.3 is 0 Å². The van der Waals surface area contributed by atoms with Crippen LogP contribution in [0.15, 0.2) is 30.3 Å². The molecule has 0 aliphatic heterocycles. The Morgan fingerprint density at radius 3 is 2.62 bits per heavy atom. The number of aliphatic hydroxyl groups is 1. The number of fused-ring (bicyclic) bond motifs is 3. The van der Waals surface area contributed by atoms with Gasteiger partial charge < -0.3 is 19.7 Å². The molecule has 6 nitrogen and oxygen atoms in total. The van der Waals surface area contributed by atoms with Crippen LogP contribution < -0.4 is 5.32 Å². The van der Waals surface area contributed by atoms with E-state index in [0.29, 0.717) is 13.2 Å².